The Hall–Kier alpha value is -1.39. The van der Waals surface area contributed by atoms with Gasteiger partial charge in [-0.05, 0) is 31.7 Å². The van der Waals surface area contributed by atoms with E-state index in [9.17, 15) is 4.79 Å². The summed E-state index contributed by atoms with van der Waals surface area (Å²) < 4.78 is 15.8. The van der Waals surface area contributed by atoms with Crippen LogP contribution in [0.3, 0.4) is 0 Å². The molecule has 4 nitrogen and oxygen atoms in total. The molecule has 1 atom stereocenters. The first-order valence-electron chi connectivity index (χ1n) is 7.70. The summed E-state index contributed by atoms with van der Waals surface area (Å²) in [5.74, 6) is -0.252. The smallest absolute Gasteiger partial charge is 0.340 e. The van der Waals surface area contributed by atoms with Crippen LogP contribution >= 0.6 is 0 Å². The molecule has 0 aliphatic carbocycles. The van der Waals surface area contributed by atoms with Crippen molar-refractivity contribution in [2.45, 2.75) is 38.2 Å². The van der Waals surface area contributed by atoms with Gasteiger partial charge in [-0.15, -0.1) is 0 Å². The van der Waals surface area contributed by atoms with Crippen molar-refractivity contribution in [2.24, 2.45) is 0 Å². The lowest BCUT2D eigenvalue weighted by Crippen LogP contribution is -2.28. The Morgan fingerprint density at radius 1 is 1.24 bits per heavy atom. The molecule has 0 N–H and O–H groups in total. The number of unbranched alkanes of at least 4 members (excludes halogenated alkanes) is 1. The highest BCUT2D eigenvalue weighted by Gasteiger charge is 2.53. The van der Waals surface area contributed by atoms with E-state index in [1.54, 1.807) is 6.92 Å². The van der Waals surface area contributed by atoms with Gasteiger partial charge in [0.2, 0.25) is 0 Å². The van der Waals surface area contributed by atoms with E-state index in [1.807, 2.05) is 6.07 Å². The predicted octanol–water partition coefficient (Wildman–Crippen LogP) is 2.75. The van der Waals surface area contributed by atoms with E-state index in [0.29, 0.717) is 26.2 Å². The van der Waals surface area contributed by atoms with Crippen molar-refractivity contribution in [1.29, 1.82) is 0 Å². The zero-order chi connectivity index (χ0) is 15.0. The molecule has 0 spiro atoms. The van der Waals surface area contributed by atoms with Gasteiger partial charge in [0.15, 0.2) is 5.60 Å². The van der Waals surface area contributed by atoms with Crippen LogP contribution in [0.2, 0.25) is 0 Å². The number of ether oxygens (including phenoxy) is 3. The molecular weight excluding hydrogens is 268 g/mol. The molecular formula is C17H24O4. The molecule has 21 heavy (non-hydrogen) atoms. The second kappa shape index (κ2) is 8.15. The molecule has 1 heterocycles. The fourth-order valence-corrected chi connectivity index (χ4v) is 2.23. The van der Waals surface area contributed by atoms with Crippen molar-refractivity contribution in [3.05, 3.63) is 35.9 Å². The topological polar surface area (TPSA) is 48.1 Å². The largest absolute Gasteiger partial charge is 0.464 e. The number of benzene rings is 1. The summed E-state index contributed by atoms with van der Waals surface area (Å²) >= 11 is 0. The second-order valence-corrected chi connectivity index (χ2v) is 5.31. The van der Waals surface area contributed by atoms with Gasteiger partial charge in [0, 0.05) is 19.6 Å². The molecule has 0 radical (unpaired) electrons. The molecule has 0 bridgehead atoms. The number of hydrogen-bond donors (Lipinski definition) is 0. The standard InChI is InChI=1S/C17H24O4/c1-2-20-16(18)17(14-21-17)11-13-19-12-7-6-10-15-8-4-3-5-9-15/h3-5,8-9H,2,6-7,10-14H2,1H3. The van der Waals surface area contributed by atoms with Gasteiger partial charge in [-0.25, -0.2) is 4.79 Å². The minimum atomic E-state index is -0.708. The number of carbonyl (C=O) groups excluding carboxylic acids is 1. The fraction of sp³-hybridized carbons (Fsp3) is 0.588. The summed E-state index contributed by atoms with van der Waals surface area (Å²) in [6.45, 7) is 3.93. The van der Waals surface area contributed by atoms with Gasteiger partial charge in [-0.3, -0.25) is 0 Å². The fourth-order valence-electron chi connectivity index (χ4n) is 2.23. The molecule has 4 heteroatoms. The number of esters is 1. The van der Waals surface area contributed by atoms with Crippen LogP contribution in [0.5, 0.6) is 0 Å². The Labute approximate surface area is 126 Å². The van der Waals surface area contributed by atoms with Crippen LogP contribution in [-0.2, 0) is 25.4 Å². The van der Waals surface area contributed by atoms with E-state index in [4.69, 9.17) is 14.2 Å². The van der Waals surface area contributed by atoms with Crippen molar-refractivity contribution in [3.8, 4) is 0 Å². The van der Waals surface area contributed by atoms with Crippen molar-refractivity contribution < 1.29 is 19.0 Å². The van der Waals surface area contributed by atoms with Gasteiger partial charge in [0.1, 0.15) is 0 Å². The van der Waals surface area contributed by atoms with E-state index < -0.39 is 5.60 Å². The van der Waals surface area contributed by atoms with Gasteiger partial charge < -0.3 is 14.2 Å². The first kappa shape index (κ1) is 16.0. The third-order valence-electron chi connectivity index (χ3n) is 3.64. The highest BCUT2D eigenvalue weighted by Crippen LogP contribution is 2.32. The Morgan fingerprint density at radius 3 is 2.67 bits per heavy atom. The van der Waals surface area contributed by atoms with E-state index in [2.05, 4.69) is 24.3 Å². The van der Waals surface area contributed by atoms with E-state index in [0.717, 1.165) is 25.9 Å². The Kier molecular flexibility index (Phi) is 6.21. The summed E-state index contributed by atoms with van der Waals surface area (Å²) in [6, 6.07) is 10.5. The van der Waals surface area contributed by atoms with Gasteiger partial charge in [0.25, 0.3) is 0 Å². The Balaban J connectivity index is 1.50. The van der Waals surface area contributed by atoms with Crippen LogP contribution in [0.25, 0.3) is 0 Å². The zero-order valence-electron chi connectivity index (χ0n) is 12.7. The minimum Gasteiger partial charge on any atom is -0.464 e. The molecule has 1 aromatic carbocycles. The Morgan fingerprint density at radius 2 is 2.00 bits per heavy atom. The highest BCUT2D eigenvalue weighted by atomic mass is 16.6. The Bertz CT molecular complexity index is 426. The van der Waals surface area contributed by atoms with Gasteiger partial charge in [0.05, 0.1) is 13.2 Å². The van der Waals surface area contributed by atoms with Crippen LogP contribution in [0.4, 0.5) is 0 Å². The summed E-state index contributed by atoms with van der Waals surface area (Å²) in [7, 11) is 0. The van der Waals surface area contributed by atoms with Crippen LogP contribution in [0.15, 0.2) is 30.3 Å². The van der Waals surface area contributed by atoms with Crippen molar-refractivity contribution in [3.63, 3.8) is 0 Å². The summed E-state index contributed by atoms with van der Waals surface area (Å²) in [5.41, 5.74) is 0.658. The molecule has 2 rings (SSSR count). The van der Waals surface area contributed by atoms with Crippen molar-refractivity contribution in [1.82, 2.24) is 0 Å². The first-order chi connectivity index (χ1) is 10.3. The maximum atomic E-state index is 11.6. The molecule has 0 saturated carbocycles. The third-order valence-corrected chi connectivity index (χ3v) is 3.64. The summed E-state index contributed by atoms with van der Waals surface area (Å²) in [4.78, 5) is 11.6. The monoisotopic (exact) mass is 292 g/mol. The molecule has 1 aliphatic rings. The van der Waals surface area contributed by atoms with Gasteiger partial charge in [-0.2, -0.15) is 0 Å². The molecule has 1 unspecified atom stereocenters. The second-order valence-electron chi connectivity index (χ2n) is 5.31. The molecule has 0 amide bonds. The van der Waals surface area contributed by atoms with Crippen LogP contribution in [0.1, 0.15) is 31.7 Å². The lowest BCUT2D eigenvalue weighted by atomic mass is 10.1. The number of aryl methyl sites for hydroxylation is 1. The lowest BCUT2D eigenvalue weighted by Gasteiger charge is -2.10. The molecule has 116 valence electrons. The highest BCUT2D eigenvalue weighted by molar-refractivity contribution is 5.82. The van der Waals surface area contributed by atoms with Crippen LogP contribution < -0.4 is 0 Å². The van der Waals surface area contributed by atoms with Crippen LogP contribution in [0, 0.1) is 0 Å². The predicted molar refractivity (Wildman–Crippen MR) is 80.1 cm³/mol. The number of epoxide rings is 1. The van der Waals surface area contributed by atoms with E-state index in [1.165, 1.54) is 5.56 Å². The lowest BCUT2D eigenvalue weighted by molar-refractivity contribution is -0.150. The molecule has 1 aliphatic heterocycles. The maximum Gasteiger partial charge on any atom is 0.340 e. The van der Waals surface area contributed by atoms with E-state index in [-0.39, 0.29) is 5.97 Å². The van der Waals surface area contributed by atoms with Crippen molar-refractivity contribution in [2.75, 3.05) is 26.4 Å². The van der Waals surface area contributed by atoms with Gasteiger partial charge >= 0.3 is 5.97 Å². The number of rotatable bonds is 10. The number of hydrogen-bond acceptors (Lipinski definition) is 4. The normalized spacial score (nSPS) is 20.2. The first-order valence-corrected chi connectivity index (χ1v) is 7.70. The minimum absolute atomic E-state index is 0.252. The molecule has 1 saturated heterocycles. The summed E-state index contributed by atoms with van der Waals surface area (Å²) in [5, 5.41) is 0. The number of carbonyl (C=O) groups is 1. The van der Waals surface area contributed by atoms with Crippen LogP contribution in [-0.4, -0.2) is 38.0 Å². The molecule has 1 fully saturated rings. The average molecular weight is 292 g/mol. The quantitative estimate of drug-likeness (QED) is 0.378. The summed E-state index contributed by atoms with van der Waals surface area (Å²) in [6.07, 6.45) is 3.82. The average Bonchev–Trinajstić information content (AvgIpc) is 3.29. The molecule has 0 aromatic heterocycles. The maximum absolute atomic E-state index is 11.6. The SMILES string of the molecule is CCOC(=O)C1(CCOCCCCc2ccccc2)CO1. The third kappa shape index (κ3) is 5.14. The van der Waals surface area contributed by atoms with Crippen molar-refractivity contribution >= 4 is 5.97 Å². The molecule has 1 aromatic rings. The zero-order valence-corrected chi connectivity index (χ0v) is 12.7. The van der Waals surface area contributed by atoms with E-state index >= 15 is 0 Å². The van der Waals surface area contributed by atoms with Gasteiger partial charge in [-0.1, -0.05) is 30.3 Å².